The van der Waals surface area contributed by atoms with Crippen LogP contribution < -0.4 is 5.32 Å². The Labute approximate surface area is 99.1 Å². The van der Waals surface area contributed by atoms with Gasteiger partial charge in [0.1, 0.15) is 5.82 Å². The van der Waals surface area contributed by atoms with Crippen LogP contribution in [-0.4, -0.2) is 22.2 Å². The Bertz CT molecular complexity index is 449. The molecule has 0 atom stereocenters. The Morgan fingerprint density at radius 3 is 2.75 bits per heavy atom. The number of aromatic amines is 1. The molecule has 5 heteroatoms. The van der Waals surface area contributed by atoms with Crippen LogP contribution in [0.1, 0.15) is 17.2 Å². The second-order valence-corrected chi connectivity index (χ2v) is 3.97. The maximum atomic E-state index is 5.82. The summed E-state index contributed by atoms with van der Waals surface area (Å²) in [6.45, 7) is 0.678. The fourth-order valence-corrected chi connectivity index (χ4v) is 1.57. The molecule has 0 radical (unpaired) electrons. The molecule has 0 spiro atoms. The minimum Gasteiger partial charge on any atom is -0.313 e. The van der Waals surface area contributed by atoms with E-state index in [0.29, 0.717) is 6.54 Å². The van der Waals surface area contributed by atoms with E-state index in [4.69, 9.17) is 11.6 Å². The van der Waals surface area contributed by atoms with Gasteiger partial charge >= 0.3 is 0 Å². The monoisotopic (exact) mass is 236 g/mol. The van der Waals surface area contributed by atoms with Crippen molar-refractivity contribution < 1.29 is 0 Å². The van der Waals surface area contributed by atoms with Gasteiger partial charge in [0.2, 0.25) is 0 Å². The summed E-state index contributed by atoms with van der Waals surface area (Å²) < 4.78 is 0. The number of rotatable bonds is 4. The van der Waals surface area contributed by atoms with E-state index in [0.717, 1.165) is 28.7 Å². The van der Waals surface area contributed by atoms with Crippen LogP contribution in [0.25, 0.3) is 0 Å². The van der Waals surface area contributed by atoms with Gasteiger partial charge < -0.3 is 5.32 Å². The number of hydrogen-bond donors (Lipinski definition) is 2. The van der Waals surface area contributed by atoms with E-state index >= 15 is 0 Å². The highest BCUT2D eigenvalue weighted by atomic mass is 35.5. The SMILES string of the molecule is CNCc1n[nH]c(Cc2ccc(Cl)cc2)n1. The van der Waals surface area contributed by atoms with Gasteiger partial charge in [-0.3, -0.25) is 5.10 Å². The normalized spacial score (nSPS) is 10.6. The Hall–Kier alpha value is -1.39. The first-order valence-corrected chi connectivity index (χ1v) is 5.45. The number of halogens is 1. The first-order valence-electron chi connectivity index (χ1n) is 5.07. The molecule has 1 heterocycles. The molecule has 1 aromatic heterocycles. The van der Waals surface area contributed by atoms with Crippen molar-refractivity contribution in [3.05, 3.63) is 46.5 Å². The third-order valence-electron chi connectivity index (χ3n) is 2.20. The molecule has 1 aromatic carbocycles. The number of nitrogens with one attached hydrogen (secondary N) is 2. The summed E-state index contributed by atoms with van der Waals surface area (Å²) in [5.74, 6) is 1.65. The van der Waals surface area contributed by atoms with E-state index in [-0.39, 0.29) is 0 Å². The fourth-order valence-electron chi connectivity index (χ4n) is 1.45. The van der Waals surface area contributed by atoms with Crippen molar-refractivity contribution in [2.45, 2.75) is 13.0 Å². The zero-order chi connectivity index (χ0) is 11.4. The lowest BCUT2D eigenvalue weighted by atomic mass is 10.1. The average molecular weight is 237 g/mol. The molecule has 0 unspecified atom stereocenters. The minimum absolute atomic E-state index is 0.678. The maximum Gasteiger partial charge on any atom is 0.164 e. The Kier molecular flexibility index (Phi) is 3.54. The van der Waals surface area contributed by atoms with Gasteiger partial charge in [-0.05, 0) is 24.7 Å². The van der Waals surface area contributed by atoms with Crippen LogP contribution in [0.4, 0.5) is 0 Å². The summed E-state index contributed by atoms with van der Waals surface area (Å²) in [6.07, 6.45) is 0.744. The third-order valence-corrected chi connectivity index (χ3v) is 2.45. The molecular formula is C11H13ClN4. The second kappa shape index (κ2) is 5.09. The van der Waals surface area contributed by atoms with Crippen molar-refractivity contribution in [1.29, 1.82) is 0 Å². The zero-order valence-corrected chi connectivity index (χ0v) is 9.75. The van der Waals surface area contributed by atoms with Gasteiger partial charge in [0.05, 0.1) is 6.54 Å². The van der Waals surface area contributed by atoms with Gasteiger partial charge in [-0.25, -0.2) is 4.98 Å². The first-order chi connectivity index (χ1) is 7.78. The van der Waals surface area contributed by atoms with Crippen molar-refractivity contribution in [2.24, 2.45) is 0 Å². The van der Waals surface area contributed by atoms with Crippen LogP contribution in [0.5, 0.6) is 0 Å². The average Bonchev–Trinajstić information content (AvgIpc) is 2.70. The zero-order valence-electron chi connectivity index (χ0n) is 9.00. The summed E-state index contributed by atoms with van der Waals surface area (Å²) in [7, 11) is 1.87. The van der Waals surface area contributed by atoms with Crippen LogP contribution in [0.15, 0.2) is 24.3 Å². The molecule has 2 rings (SSSR count). The van der Waals surface area contributed by atoms with Gasteiger partial charge in [0.25, 0.3) is 0 Å². The second-order valence-electron chi connectivity index (χ2n) is 3.53. The van der Waals surface area contributed by atoms with E-state index in [1.807, 2.05) is 31.3 Å². The summed E-state index contributed by atoms with van der Waals surface area (Å²) in [6, 6.07) is 7.73. The van der Waals surface area contributed by atoms with Gasteiger partial charge in [-0.1, -0.05) is 23.7 Å². The van der Waals surface area contributed by atoms with Crippen molar-refractivity contribution in [3.8, 4) is 0 Å². The lowest BCUT2D eigenvalue weighted by Crippen LogP contribution is -2.06. The predicted molar refractivity (Wildman–Crippen MR) is 63.4 cm³/mol. The largest absolute Gasteiger partial charge is 0.313 e. The van der Waals surface area contributed by atoms with Crippen LogP contribution in [0.2, 0.25) is 5.02 Å². The molecule has 2 aromatic rings. The van der Waals surface area contributed by atoms with Crippen LogP contribution >= 0.6 is 11.6 Å². The van der Waals surface area contributed by atoms with Gasteiger partial charge in [0, 0.05) is 11.4 Å². The molecule has 2 N–H and O–H groups in total. The Balaban J connectivity index is 2.05. The van der Waals surface area contributed by atoms with Crippen molar-refractivity contribution >= 4 is 11.6 Å². The van der Waals surface area contributed by atoms with E-state index in [1.54, 1.807) is 0 Å². The third kappa shape index (κ3) is 2.81. The van der Waals surface area contributed by atoms with Crippen LogP contribution in [-0.2, 0) is 13.0 Å². The van der Waals surface area contributed by atoms with E-state index in [1.165, 1.54) is 0 Å². The summed E-state index contributed by atoms with van der Waals surface area (Å²) in [5, 5.41) is 10.8. The molecule has 0 aliphatic carbocycles. The molecule has 0 fully saturated rings. The number of H-pyrrole nitrogens is 1. The molecule has 84 valence electrons. The van der Waals surface area contributed by atoms with Gasteiger partial charge in [0.15, 0.2) is 5.82 Å². The van der Waals surface area contributed by atoms with Crippen molar-refractivity contribution in [2.75, 3.05) is 7.05 Å². The van der Waals surface area contributed by atoms with Crippen LogP contribution in [0, 0.1) is 0 Å². The number of nitrogens with zero attached hydrogens (tertiary/aromatic N) is 2. The maximum absolute atomic E-state index is 5.82. The van der Waals surface area contributed by atoms with E-state index in [2.05, 4.69) is 20.5 Å². The lowest BCUT2D eigenvalue weighted by molar-refractivity contribution is 0.762. The quantitative estimate of drug-likeness (QED) is 0.851. The minimum atomic E-state index is 0.678. The van der Waals surface area contributed by atoms with Crippen molar-refractivity contribution in [1.82, 2.24) is 20.5 Å². The standard InChI is InChI=1S/C11H13ClN4/c1-13-7-11-14-10(15-16-11)6-8-2-4-9(12)5-3-8/h2-5,13H,6-7H2,1H3,(H,14,15,16). The van der Waals surface area contributed by atoms with Crippen molar-refractivity contribution in [3.63, 3.8) is 0 Å². The number of benzene rings is 1. The number of aromatic nitrogens is 3. The molecule has 0 saturated carbocycles. The highest BCUT2D eigenvalue weighted by molar-refractivity contribution is 6.30. The first kappa shape index (κ1) is 11.1. The smallest absolute Gasteiger partial charge is 0.164 e. The topological polar surface area (TPSA) is 53.6 Å². The van der Waals surface area contributed by atoms with E-state index in [9.17, 15) is 0 Å². The molecule has 0 bridgehead atoms. The highest BCUT2D eigenvalue weighted by Gasteiger charge is 2.03. The molecular weight excluding hydrogens is 224 g/mol. The Morgan fingerprint density at radius 1 is 1.31 bits per heavy atom. The molecule has 16 heavy (non-hydrogen) atoms. The molecule has 0 aliphatic rings. The van der Waals surface area contributed by atoms with Crippen LogP contribution in [0.3, 0.4) is 0 Å². The predicted octanol–water partition coefficient (Wildman–Crippen LogP) is 1.77. The molecule has 0 aliphatic heterocycles. The number of hydrogen-bond acceptors (Lipinski definition) is 3. The summed E-state index contributed by atoms with van der Waals surface area (Å²) in [4.78, 5) is 4.36. The summed E-state index contributed by atoms with van der Waals surface area (Å²) in [5.41, 5.74) is 1.16. The van der Waals surface area contributed by atoms with E-state index < -0.39 is 0 Å². The lowest BCUT2D eigenvalue weighted by Gasteiger charge is -1.97. The fraction of sp³-hybridized carbons (Fsp3) is 0.273. The molecule has 4 nitrogen and oxygen atoms in total. The molecule has 0 amide bonds. The Morgan fingerprint density at radius 2 is 2.06 bits per heavy atom. The summed E-state index contributed by atoms with van der Waals surface area (Å²) >= 11 is 5.82. The van der Waals surface area contributed by atoms with Gasteiger partial charge in [-0.2, -0.15) is 5.10 Å². The van der Waals surface area contributed by atoms with Gasteiger partial charge in [-0.15, -0.1) is 0 Å². The highest BCUT2D eigenvalue weighted by Crippen LogP contribution is 2.11. The molecule has 0 saturated heterocycles.